The standard InChI is InChI=1S/C22H35NO5/c1-20(2,3)18(25)27-16-11-10-14(15(24)13-23-22(7,8)9)12-17(16)28-19(26)21(4,5)6/h10-12,15,23-24H,13H2,1-9H3/t15-/m0/s1. The summed E-state index contributed by atoms with van der Waals surface area (Å²) in [5, 5.41) is 13.7. The molecule has 6 nitrogen and oxygen atoms in total. The summed E-state index contributed by atoms with van der Waals surface area (Å²) in [4.78, 5) is 24.6. The van der Waals surface area contributed by atoms with Crippen molar-refractivity contribution >= 4 is 11.9 Å². The van der Waals surface area contributed by atoms with E-state index in [9.17, 15) is 14.7 Å². The van der Waals surface area contributed by atoms with Crippen LogP contribution in [0.4, 0.5) is 0 Å². The molecular formula is C22H35NO5. The molecule has 2 N–H and O–H groups in total. The zero-order chi connectivity index (χ0) is 21.9. The Balaban J connectivity index is 3.19. The SMILES string of the molecule is CC(C)(C)NC[C@H](O)c1ccc(OC(=O)C(C)(C)C)c(OC(=O)C(C)(C)C)c1. The minimum absolute atomic E-state index is 0.116. The second-order valence-electron chi connectivity index (χ2n) is 10.1. The van der Waals surface area contributed by atoms with Crippen molar-refractivity contribution in [3.05, 3.63) is 23.8 Å². The maximum atomic E-state index is 12.4. The molecule has 0 fully saturated rings. The van der Waals surface area contributed by atoms with Gasteiger partial charge in [0.15, 0.2) is 11.5 Å². The van der Waals surface area contributed by atoms with Crippen LogP contribution in [0.2, 0.25) is 0 Å². The quantitative estimate of drug-likeness (QED) is 0.581. The maximum Gasteiger partial charge on any atom is 0.316 e. The molecular weight excluding hydrogens is 358 g/mol. The molecule has 1 atom stereocenters. The van der Waals surface area contributed by atoms with E-state index in [1.807, 2.05) is 20.8 Å². The lowest BCUT2D eigenvalue weighted by molar-refractivity contribution is -0.145. The number of hydrogen-bond acceptors (Lipinski definition) is 6. The van der Waals surface area contributed by atoms with Gasteiger partial charge in [-0.25, -0.2) is 0 Å². The molecule has 1 aromatic rings. The molecule has 0 spiro atoms. The average molecular weight is 394 g/mol. The molecule has 1 aromatic carbocycles. The van der Waals surface area contributed by atoms with Crippen molar-refractivity contribution in [1.29, 1.82) is 0 Å². The zero-order valence-corrected chi connectivity index (χ0v) is 18.6. The number of β-amino-alcohol motifs (C(OH)–C–C–N with tert-alkyl or cyclic N) is 1. The lowest BCUT2D eigenvalue weighted by Gasteiger charge is -2.24. The summed E-state index contributed by atoms with van der Waals surface area (Å²) in [6.07, 6.45) is -0.807. The second kappa shape index (κ2) is 8.62. The first kappa shape index (κ1) is 24.1. The Morgan fingerprint density at radius 1 is 0.893 bits per heavy atom. The minimum Gasteiger partial charge on any atom is -0.422 e. The van der Waals surface area contributed by atoms with Crippen molar-refractivity contribution in [3.63, 3.8) is 0 Å². The van der Waals surface area contributed by atoms with Gasteiger partial charge in [0, 0.05) is 12.1 Å². The van der Waals surface area contributed by atoms with Crippen molar-refractivity contribution in [3.8, 4) is 11.5 Å². The third-order valence-corrected chi connectivity index (χ3v) is 3.81. The van der Waals surface area contributed by atoms with Crippen LogP contribution < -0.4 is 14.8 Å². The Morgan fingerprint density at radius 2 is 1.36 bits per heavy atom. The van der Waals surface area contributed by atoms with Crippen LogP contribution in [-0.2, 0) is 9.59 Å². The molecule has 0 unspecified atom stereocenters. The van der Waals surface area contributed by atoms with Crippen LogP contribution in [0.15, 0.2) is 18.2 Å². The fourth-order valence-corrected chi connectivity index (χ4v) is 1.92. The number of carbonyl (C=O) groups excluding carboxylic acids is 2. The first-order chi connectivity index (χ1) is 12.5. The van der Waals surface area contributed by atoms with Crippen LogP contribution >= 0.6 is 0 Å². The molecule has 1 rings (SSSR count). The van der Waals surface area contributed by atoms with Gasteiger partial charge in [-0.1, -0.05) is 6.07 Å². The van der Waals surface area contributed by atoms with Gasteiger partial charge < -0.3 is 19.9 Å². The molecule has 0 saturated carbocycles. The molecule has 0 aliphatic carbocycles. The molecule has 0 amide bonds. The highest BCUT2D eigenvalue weighted by atomic mass is 16.6. The smallest absolute Gasteiger partial charge is 0.316 e. The highest BCUT2D eigenvalue weighted by Gasteiger charge is 2.28. The summed E-state index contributed by atoms with van der Waals surface area (Å²) < 4.78 is 11.0. The van der Waals surface area contributed by atoms with Crippen molar-refractivity contribution in [2.24, 2.45) is 10.8 Å². The number of aliphatic hydroxyl groups excluding tert-OH is 1. The number of esters is 2. The monoisotopic (exact) mass is 393 g/mol. The zero-order valence-electron chi connectivity index (χ0n) is 18.6. The van der Waals surface area contributed by atoms with Crippen molar-refractivity contribution in [1.82, 2.24) is 5.32 Å². The third kappa shape index (κ3) is 7.60. The number of nitrogens with one attached hydrogen (secondary N) is 1. The van der Waals surface area contributed by atoms with Gasteiger partial charge in [0.25, 0.3) is 0 Å². The molecule has 158 valence electrons. The third-order valence-electron chi connectivity index (χ3n) is 3.81. The van der Waals surface area contributed by atoms with Crippen molar-refractivity contribution < 1.29 is 24.2 Å². The Morgan fingerprint density at radius 3 is 1.79 bits per heavy atom. The molecule has 0 heterocycles. The number of ether oxygens (including phenoxy) is 2. The van der Waals surface area contributed by atoms with Crippen LogP contribution in [-0.4, -0.2) is 29.1 Å². The van der Waals surface area contributed by atoms with Gasteiger partial charge in [-0.15, -0.1) is 0 Å². The van der Waals surface area contributed by atoms with E-state index in [0.717, 1.165) is 0 Å². The van der Waals surface area contributed by atoms with E-state index >= 15 is 0 Å². The van der Waals surface area contributed by atoms with E-state index in [1.165, 1.54) is 0 Å². The second-order valence-corrected chi connectivity index (χ2v) is 10.1. The highest BCUT2D eigenvalue weighted by Crippen LogP contribution is 2.34. The molecule has 0 aliphatic rings. The van der Waals surface area contributed by atoms with E-state index in [0.29, 0.717) is 12.1 Å². The fourth-order valence-electron chi connectivity index (χ4n) is 1.92. The predicted molar refractivity (Wildman–Crippen MR) is 109 cm³/mol. The predicted octanol–water partition coefficient (Wildman–Crippen LogP) is 4.01. The largest absolute Gasteiger partial charge is 0.422 e. The molecule has 0 bridgehead atoms. The maximum absolute atomic E-state index is 12.4. The van der Waals surface area contributed by atoms with Gasteiger partial charge in [-0.05, 0) is 80.0 Å². The summed E-state index contributed by atoms with van der Waals surface area (Å²) in [5.41, 5.74) is -1.03. The van der Waals surface area contributed by atoms with Gasteiger partial charge in [0.1, 0.15) is 0 Å². The first-order valence-corrected chi connectivity index (χ1v) is 9.52. The number of hydrogen-bond donors (Lipinski definition) is 2. The highest BCUT2D eigenvalue weighted by molar-refractivity contribution is 5.81. The van der Waals surface area contributed by atoms with Gasteiger partial charge >= 0.3 is 11.9 Å². The van der Waals surface area contributed by atoms with Gasteiger partial charge in [0.2, 0.25) is 0 Å². The van der Waals surface area contributed by atoms with Crippen LogP contribution in [0.5, 0.6) is 11.5 Å². The molecule has 0 saturated heterocycles. The van der Waals surface area contributed by atoms with E-state index in [-0.39, 0.29) is 17.0 Å². The van der Waals surface area contributed by atoms with Gasteiger partial charge in [-0.3, -0.25) is 9.59 Å². The minimum atomic E-state index is -0.807. The summed E-state index contributed by atoms with van der Waals surface area (Å²) in [5.74, 6) is -0.634. The van der Waals surface area contributed by atoms with Gasteiger partial charge in [-0.2, -0.15) is 0 Å². The van der Waals surface area contributed by atoms with E-state index in [2.05, 4.69) is 5.32 Å². The van der Waals surface area contributed by atoms with E-state index in [4.69, 9.17) is 9.47 Å². The number of benzene rings is 1. The molecule has 28 heavy (non-hydrogen) atoms. The molecule has 0 radical (unpaired) electrons. The normalized spacial score (nSPS) is 13.8. The Kier molecular flexibility index (Phi) is 7.42. The summed E-state index contributed by atoms with van der Waals surface area (Å²) in [7, 11) is 0. The first-order valence-electron chi connectivity index (χ1n) is 9.52. The number of rotatable bonds is 5. The van der Waals surface area contributed by atoms with Crippen LogP contribution in [0.3, 0.4) is 0 Å². The topological polar surface area (TPSA) is 84.9 Å². The van der Waals surface area contributed by atoms with Crippen LogP contribution in [0.25, 0.3) is 0 Å². The number of aliphatic hydroxyl groups is 1. The lowest BCUT2D eigenvalue weighted by atomic mass is 9.97. The summed E-state index contributed by atoms with van der Waals surface area (Å²) in [6.45, 7) is 16.8. The van der Waals surface area contributed by atoms with Crippen LogP contribution in [0.1, 0.15) is 74.0 Å². The van der Waals surface area contributed by atoms with Crippen LogP contribution in [0, 0.1) is 10.8 Å². The van der Waals surface area contributed by atoms with Crippen molar-refractivity contribution in [2.75, 3.05) is 6.54 Å². The van der Waals surface area contributed by atoms with Gasteiger partial charge in [0.05, 0.1) is 16.9 Å². The molecule has 0 aromatic heterocycles. The van der Waals surface area contributed by atoms with E-state index in [1.54, 1.807) is 59.7 Å². The summed E-state index contributed by atoms with van der Waals surface area (Å²) in [6, 6.07) is 4.75. The Bertz CT molecular complexity index is 705. The Labute approximate surface area is 168 Å². The van der Waals surface area contributed by atoms with Crippen molar-refractivity contribution in [2.45, 2.75) is 74.0 Å². The molecule has 6 heteroatoms. The number of carbonyl (C=O) groups is 2. The fraction of sp³-hybridized carbons (Fsp3) is 0.636. The summed E-state index contributed by atoms with van der Waals surface area (Å²) >= 11 is 0. The molecule has 0 aliphatic heterocycles. The Hall–Kier alpha value is -1.92. The van der Waals surface area contributed by atoms with E-state index < -0.39 is 28.9 Å². The average Bonchev–Trinajstić information content (AvgIpc) is 2.51. The lowest BCUT2D eigenvalue weighted by Crippen LogP contribution is -2.38.